The van der Waals surface area contributed by atoms with Gasteiger partial charge in [0, 0.05) is 16.6 Å². The van der Waals surface area contributed by atoms with Gasteiger partial charge in [0.15, 0.2) is 0 Å². The van der Waals surface area contributed by atoms with Gasteiger partial charge >= 0.3 is 0 Å². The number of benzene rings is 2. The van der Waals surface area contributed by atoms with Gasteiger partial charge in [-0.3, -0.25) is 0 Å². The van der Waals surface area contributed by atoms with E-state index in [0.29, 0.717) is 17.5 Å². The lowest BCUT2D eigenvalue weighted by molar-refractivity contribution is 0.298. The van der Waals surface area contributed by atoms with E-state index in [1.807, 2.05) is 24.3 Å². The van der Waals surface area contributed by atoms with Crippen LogP contribution in [-0.2, 0) is 13.0 Å². The molecule has 100 valence electrons. The lowest BCUT2D eigenvalue weighted by Gasteiger charge is -2.08. The monoisotopic (exact) mass is 324 g/mol. The van der Waals surface area contributed by atoms with Crippen LogP contribution in [-0.4, -0.2) is 11.7 Å². The highest BCUT2D eigenvalue weighted by atomic mass is 79.9. The van der Waals surface area contributed by atoms with Gasteiger partial charge in [0.25, 0.3) is 0 Å². The number of aliphatic hydroxyl groups excluding tert-OH is 1. The average molecular weight is 325 g/mol. The van der Waals surface area contributed by atoms with E-state index in [-0.39, 0.29) is 12.4 Å². The Morgan fingerprint density at radius 3 is 2.47 bits per heavy atom. The molecule has 2 aromatic carbocycles. The van der Waals surface area contributed by atoms with E-state index >= 15 is 0 Å². The summed E-state index contributed by atoms with van der Waals surface area (Å²) in [7, 11) is 0. The molecule has 19 heavy (non-hydrogen) atoms. The van der Waals surface area contributed by atoms with Gasteiger partial charge in [-0.25, -0.2) is 4.39 Å². The molecule has 0 aliphatic carbocycles. The first-order chi connectivity index (χ1) is 9.19. The van der Waals surface area contributed by atoms with Crippen LogP contribution in [0.1, 0.15) is 11.1 Å². The highest BCUT2D eigenvalue weighted by Crippen LogP contribution is 2.20. The van der Waals surface area contributed by atoms with Gasteiger partial charge in [-0.15, -0.1) is 0 Å². The summed E-state index contributed by atoms with van der Waals surface area (Å²) in [4.78, 5) is 0. The van der Waals surface area contributed by atoms with Crippen molar-refractivity contribution in [2.75, 3.05) is 6.61 Å². The van der Waals surface area contributed by atoms with Crippen molar-refractivity contribution >= 4 is 15.9 Å². The molecule has 0 saturated carbocycles. The van der Waals surface area contributed by atoms with Gasteiger partial charge in [0.05, 0.1) is 0 Å². The summed E-state index contributed by atoms with van der Waals surface area (Å²) in [6.45, 7) is 0.517. The summed E-state index contributed by atoms with van der Waals surface area (Å²) in [5, 5.41) is 8.83. The summed E-state index contributed by atoms with van der Waals surface area (Å²) in [5.41, 5.74) is 1.96. The van der Waals surface area contributed by atoms with Gasteiger partial charge in [-0.1, -0.05) is 34.1 Å². The number of halogens is 2. The average Bonchev–Trinajstić information content (AvgIpc) is 2.40. The Kier molecular flexibility index (Phi) is 4.93. The fourth-order valence-corrected chi connectivity index (χ4v) is 2.15. The van der Waals surface area contributed by atoms with Crippen molar-refractivity contribution in [1.82, 2.24) is 0 Å². The largest absolute Gasteiger partial charge is 0.489 e. The summed E-state index contributed by atoms with van der Waals surface area (Å²) in [6.07, 6.45) is 0.643. The molecule has 0 unspecified atom stereocenters. The summed E-state index contributed by atoms with van der Waals surface area (Å²) in [6, 6.07) is 12.1. The molecule has 1 N–H and O–H groups in total. The Morgan fingerprint density at radius 2 is 1.84 bits per heavy atom. The van der Waals surface area contributed by atoms with Crippen molar-refractivity contribution in [3.8, 4) is 5.75 Å². The lowest BCUT2D eigenvalue weighted by atomic mass is 10.1. The van der Waals surface area contributed by atoms with Crippen molar-refractivity contribution in [1.29, 1.82) is 0 Å². The van der Waals surface area contributed by atoms with Crippen molar-refractivity contribution in [2.24, 2.45) is 0 Å². The number of rotatable bonds is 5. The van der Waals surface area contributed by atoms with E-state index in [0.717, 1.165) is 16.9 Å². The summed E-state index contributed by atoms with van der Waals surface area (Å²) in [5.74, 6) is 0.474. The molecule has 0 atom stereocenters. The predicted octanol–water partition coefficient (Wildman–Crippen LogP) is 3.70. The summed E-state index contributed by atoms with van der Waals surface area (Å²) < 4.78 is 19.3. The van der Waals surface area contributed by atoms with Gasteiger partial charge < -0.3 is 9.84 Å². The molecule has 0 fully saturated rings. The quantitative estimate of drug-likeness (QED) is 0.908. The normalized spacial score (nSPS) is 10.5. The molecular formula is C15H14BrFO2. The molecule has 0 saturated heterocycles. The standard InChI is InChI=1S/C15H14BrFO2/c16-15-9-13(17)4-3-12(15)10-19-14-5-1-11(2-6-14)7-8-18/h1-6,9,18H,7-8,10H2. The second-order valence-corrected chi connectivity index (χ2v) is 5.00. The Balaban J connectivity index is 1.98. The van der Waals surface area contributed by atoms with Crippen LogP contribution in [0.3, 0.4) is 0 Å². The Morgan fingerprint density at radius 1 is 1.11 bits per heavy atom. The summed E-state index contributed by atoms with van der Waals surface area (Å²) >= 11 is 3.31. The van der Waals surface area contributed by atoms with Crippen LogP contribution in [0.5, 0.6) is 5.75 Å². The predicted molar refractivity (Wildman–Crippen MR) is 75.7 cm³/mol. The molecule has 0 aromatic heterocycles. The van der Waals surface area contributed by atoms with E-state index in [1.54, 1.807) is 6.07 Å². The van der Waals surface area contributed by atoms with E-state index in [9.17, 15) is 4.39 Å². The van der Waals surface area contributed by atoms with Crippen LogP contribution in [0, 0.1) is 5.82 Å². The fourth-order valence-electron chi connectivity index (χ4n) is 1.68. The highest BCUT2D eigenvalue weighted by Gasteiger charge is 2.03. The first-order valence-electron chi connectivity index (χ1n) is 5.95. The molecule has 0 radical (unpaired) electrons. The third kappa shape index (κ3) is 4.04. The molecule has 0 amide bonds. The van der Waals surface area contributed by atoms with Crippen LogP contribution in [0.25, 0.3) is 0 Å². The molecule has 0 spiro atoms. The molecule has 0 aliphatic rings. The third-order valence-electron chi connectivity index (χ3n) is 2.73. The van der Waals surface area contributed by atoms with Crippen LogP contribution in [0.4, 0.5) is 4.39 Å². The smallest absolute Gasteiger partial charge is 0.124 e. The second kappa shape index (κ2) is 6.68. The highest BCUT2D eigenvalue weighted by molar-refractivity contribution is 9.10. The molecule has 0 aliphatic heterocycles. The molecule has 0 bridgehead atoms. The minimum absolute atomic E-state index is 0.142. The van der Waals surface area contributed by atoms with Gasteiger partial charge in [0.1, 0.15) is 18.2 Å². The number of hydrogen-bond donors (Lipinski definition) is 1. The third-order valence-corrected chi connectivity index (χ3v) is 3.47. The maximum absolute atomic E-state index is 12.9. The van der Waals surface area contributed by atoms with Crippen molar-refractivity contribution < 1.29 is 14.2 Å². The zero-order valence-electron chi connectivity index (χ0n) is 10.3. The minimum atomic E-state index is -0.274. The van der Waals surface area contributed by atoms with E-state index in [2.05, 4.69) is 15.9 Å². The molecule has 2 aromatic rings. The van der Waals surface area contributed by atoms with E-state index < -0.39 is 0 Å². The zero-order chi connectivity index (χ0) is 13.7. The molecule has 4 heteroatoms. The van der Waals surface area contributed by atoms with Crippen molar-refractivity contribution in [3.63, 3.8) is 0 Å². The Labute approximate surface area is 120 Å². The van der Waals surface area contributed by atoms with E-state index in [1.165, 1.54) is 12.1 Å². The maximum Gasteiger partial charge on any atom is 0.124 e. The van der Waals surface area contributed by atoms with Crippen LogP contribution < -0.4 is 4.74 Å². The van der Waals surface area contributed by atoms with Gasteiger partial charge in [-0.05, 0) is 36.2 Å². The first kappa shape index (κ1) is 14.0. The van der Waals surface area contributed by atoms with Crippen LogP contribution >= 0.6 is 15.9 Å². The minimum Gasteiger partial charge on any atom is -0.489 e. The number of hydrogen-bond acceptors (Lipinski definition) is 2. The number of aliphatic hydroxyl groups is 1. The van der Waals surface area contributed by atoms with E-state index in [4.69, 9.17) is 9.84 Å². The Hall–Kier alpha value is -1.39. The lowest BCUT2D eigenvalue weighted by Crippen LogP contribution is -1.97. The second-order valence-electron chi connectivity index (χ2n) is 4.14. The van der Waals surface area contributed by atoms with Gasteiger partial charge in [-0.2, -0.15) is 0 Å². The van der Waals surface area contributed by atoms with Crippen molar-refractivity contribution in [3.05, 3.63) is 63.9 Å². The first-order valence-corrected chi connectivity index (χ1v) is 6.75. The maximum atomic E-state index is 12.9. The van der Waals surface area contributed by atoms with Crippen LogP contribution in [0.15, 0.2) is 46.9 Å². The van der Waals surface area contributed by atoms with Gasteiger partial charge in [0.2, 0.25) is 0 Å². The Bertz CT molecular complexity index is 540. The molecule has 2 rings (SSSR count). The number of ether oxygens (including phenoxy) is 1. The zero-order valence-corrected chi connectivity index (χ0v) is 11.9. The molecular weight excluding hydrogens is 311 g/mol. The molecule has 0 heterocycles. The SMILES string of the molecule is OCCc1ccc(OCc2ccc(F)cc2Br)cc1. The van der Waals surface area contributed by atoms with Crippen molar-refractivity contribution in [2.45, 2.75) is 13.0 Å². The van der Waals surface area contributed by atoms with Crippen LogP contribution in [0.2, 0.25) is 0 Å². The topological polar surface area (TPSA) is 29.5 Å². The molecule has 2 nitrogen and oxygen atoms in total. The fraction of sp³-hybridized carbons (Fsp3) is 0.200.